The summed E-state index contributed by atoms with van der Waals surface area (Å²) < 4.78 is 31.2. The van der Waals surface area contributed by atoms with Crippen LogP contribution in [0.2, 0.25) is 0 Å². The molecule has 2 fully saturated rings. The first-order valence-corrected chi connectivity index (χ1v) is 9.67. The third-order valence-corrected chi connectivity index (χ3v) is 5.38. The van der Waals surface area contributed by atoms with Gasteiger partial charge in [-0.15, -0.1) is 0 Å². The van der Waals surface area contributed by atoms with Crippen molar-refractivity contribution in [3.63, 3.8) is 0 Å². The molecule has 150 valence electrons. The second-order valence-electron chi connectivity index (χ2n) is 7.30. The summed E-state index contributed by atoms with van der Waals surface area (Å²) in [5.74, 6) is 0.944. The second-order valence-corrected chi connectivity index (χ2v) is 7.30. The Balaban J connectivity index is 1.55. The van der Waals surface area contributed by atoms with Gasteiger partial charge in [-0.3, -0.25) is 9.78 Å². The number of nitrogens with zero attached hydrogens (tertiary/aromatic N) is 3. The maximum Gasteiger partial charge on any atom is 0.266 e. The van der Waals surface area contributed by atoms with E-state index in [1.807, 2.05) is 18.2 Å². The van der Waals surface area contributed by atoms with Crippen LogP contribution in [0, 0.1) is 0 Å². The quantitative estimate of drug-likeness (QED) is 0.850. The van der Waals surface area contributed by atoms with E-state index in [-0.39, 0.29) is 24.8 Å². The van der Waals surface area contributed by atoms with Crippen LogP contribution >= 0.6 is 0 Å². The highest BCUT2D eigenvalue weighted by Gasteiger charge is 2.30. The molecule has 4 rings (SSSR count). The minimum Gasteiger partial charge on any atom is -0.369 e. The summed E-state index contributed by atoms with van der Waals surface area (Å²) in [4.78, 5) is 23.6. The zero-order chi connectivity index (χ0) is 19.5. The van der Waals surface area contributed by atoms with E-state index in [2.05, 4.69) is 27.0 Å². The van der Waals surface area contributed by atoms with Crippen LogP contribution in [0.25, 0.3) is 0 Å². The molecule has 0 radical (unpaired) electrons. The van der Waals surface area contributed by atoms with Gasteiger partial charge in [-0.2, -0.15) is 4.98 Å². The Kier molecular flexibility index (Phi) is 5.57. The summed E-state index contributed by atoms with van der Waals surface area (Å²) in [7, 11) is 0. The Bertz CT molecular complexity index is 846. The fraction of sp³-hybridized carbons (Fsp3) is 0.500. The number of hydrogen-bond donors (Lipinski definition) is 1. The van der Waals surface area contributed by atoms with Gasteiger partial charge >= 0.3 is 0 Å². The van der Waals surface area contributed by atoms with Crippen molar-refractivity contribution < 1.29 is 13.5 Å². The molecule has 0 saturated carbocycles. The van der Waals surface area contributed by atoms with E-state index < -0.39 is 12.5 Å². The maximum absolute atomic E-state index is 13.0. The Morgan fingerprint density at radius 2 is 2.07 bits per heavy atom. The maximum atomic E-state index is 13.0. The molecule has 2 aliphatic rings. The summed E-state index contributed by atoms with van der Waals surface area (Å²) in [5, 5.41) is 0. The van der Waals surface area contributed by atoms with Crippen LogP contribution in [-0.4, -0.2) is 54.8 Å². The number of hydrogen-bond acceptors (Lipinski definition) is 5. The molecule has 6 nitrogen and oxygen atoms in total. The van der Waals surface area contributed by atoms with E-state index >= 15 is 0 Å². The molecule has 0 spiro atoms. The van der Waals surface area contributed by atoms with Crippen LogP contribution in [0.15, 0.2) is 41.2 Å². The summed E-state index contributed by atoms with van der Waals surface area (Å²) in [6, 6.07) is 11.9. The molecule has 2 saturated heterocycles. The molecule has 1 aromatic carbocycles. The highest BCUT2D eigenvalue weighted by molar-refractivity contribution is 5.45. The molecular weight excluding hydrogens is 366 g/mol. The van der Waals surface area contributed by atoms with Crippen molar-refractivity contribution in [3.8, 4) is 0 Å². The molecule has 8 heteroatoms. The number of rotatable bonds is 5. The normalized spacial score (nSPS) is 22.8. The number of ether oxygens (including phenoxy) is 1. The van der Waals surface area contributed by atoms with Crippen molar-refractivity contribution in [3.05, 3.63) is 52.3 Å². The van der Waals surface area contributed by atoms with Gasteiger partial charge in [0, 0.05) is 25.2 Å². The summed E-state index contributed by atoms with van der Waals surface area (Å²) in [5.41, 5.74) is 0.969. The Labute approximate surface area is 162 Å². The van der Waals surface area contributed by atoms with E-state index in [4.69, 9.17) is 4.74 Å². The van der Waals surface area contributed by atoms with E-state index in [9.17, 15) is 13.6 Å². The zero-order valence-corrected chi connectivity index (χ0v) is 15.6. The number of anilines is 2. The van der Waals surface area contributed by atoms with Crippen molar-refractivity contribution >= 4 is 11.8 Å². The van der Waals surface area contributed by atoms with Gasteiger partial charge in [0.25, 0.3) is 12.0 Å². The third kappa shape index (κ3) is 4.16. The lowest BCUT2D eigenvalue weighted by Crippen LogP contribution is -2.46. The van der Waals surface area contributed by atoms with Crippen molar-refractivity contribution in [2.24, 2.45) is 0 Å². The fourth-order valence-electron chi connectivity index (χ4n) is 3.98. The Morgan fingerprint density at radius 1 is 1.25 bits per heavy atom. The zero-order valence-electron chi connectivity index (χ0n) is 15.6. The molecule has 2 aromatic rings. The molecule has 0 aliphatic carbocycles. The topological polar surface area (TPSA) is 61.5 Å². The number of alkyl halides is 2. The largest absolute Gasteiger partial charge is 0.369 e. The highest BCUT2D eigenvalue weighted by atomic mass is 19.3. The monoisotopic (exact) mass is 390 g/mol. The van der Waals surface area contributed by atoms with E-state index in [0.29, 0.717) is 18.3 Å². The average Bonchev–Trinajstić information content (AvgIpc) is 3.16. The van der Waals surface area contributed by atoms with Gasteiger partial charge in [-0.25, -0.2) is 8.78 Å². The SMILES string of the molecule is O=c1cc(N2CCO[C@@H](C(F)F)C2)nc(N2CCC[C@@H]2Cc2ccccc2)[nH]1. The smallest absolute Gasteiger partial charge is 0.266 e. The van der Waals surface area contributed by atoms with Crippen LogP contribution < -0.4 is 15.4 Å². The highest BCUT2D eigenvalue weighted by Crippen LogP contribution is 2.26. The lowest BCUT2D eigenvalue weighted by Gasteiger charge is -2.34. The van der Waals surface area contributed by atoms with Crippen LogP contribution in [0.1, 0.15) is 18.4 Å². The first kappa shape index (κ1) is 18.9. The number of nitrogens with one attached hydrogen (secondary N) is 1. The lowest BCUT2D eigenvalue weighted by atomic mass is 10.0. The van der Waals surface area contributed by atoms with E-state index in [1.54, 1.807) is 4.90 Å². The van der Waals surface area contributed by atoms with Gasteiger partial charge in [0.1, 0.15) is 11.9 Å². The van der Waals surface area contributed by atoms with Gasteiger partial charge in [0.2, 0.25) is 5.95 Å². The molecule has 3 heterocycles. The molecule has 2 atom stereocenters. The van der Waals surface area contributed by atoms with Gasteiger partial charge < -0.3 is 14.5 Å². The van der Waals surface area contributed by atoms with Crippen molar-refractivity contribution in [2.75, 3.05) is 36.0 Å². The Hall–Kier alpha value is -2.48. The Morgan fingerprint density at radius 3 is 2.86 bits per heavy atom. The number of morpholine rings is 1. The van der Waals surface area contributed by atoms with Crippen LogP contribution in [0.3, 0.4) is 0 Å². The van der Waals surface area contributed by atoms with Gasteiger partial charge in [-0.1, -0.05) is 30.3 Å². The van der Waals surface area contributed by atoms with Gasteiger partial charge in [0.15, 0.2) is 0 Å². The average molecular weight is 390 g/mol. The minimum absolute atomic E-state index is 0.0288. The number of H-pyrrole nitrogens is 1. The molecule has 0 amide bonds. The third-order valence-electron chi connectivity index (χ3n) is 5.38. The standard InChI is InChI=1S/C20H24F2N4O2/c21-19(22)16-13-25(9-10-28-16)17-12-18(27)24-20(23-17)26-8-4-7-15(26)11-14-5-2-1-3-6-14/h1-3,5-6,12,15-16,19H,4,7-11,13H2,(H,23,24,27)/t15-,16-/m1/s1. The molecule has 1 aromatic heterocycles. The molecule has 0 unspecified atom stereocenters. The van der Waals surface area contributed by atoms with Crippen LogP contribution in [0.4, 0.5) is 20.5 Å². The number of aromatic amines is 1. The van der Waals surface area contributed by atoms with Crippen molar-refractivity contribution in [1.82, 2.24) is 9.97 Å². The first-order chi connectivity index (χ1) is 13.6. The number of aromatic nitrogens is 2. The molecular formula is C20H24F2N4O2. The van der Waals surface area contributed by atoms with Crippen molar-refractivity contribution in [2.45, 2.75) is 37.8 Å². The van der Waals surface area contributed by atoms with E-state index in [1.165, 1.54) is 11.6 Å². The van der Waals surface area contributed by atoms with Gasteiger partial charge in [-0.05, 0) is 24.8 Å². The van der Waals surface area contributed by atoms with Crippen LogP contribution in [-0.2, 0) is 11.2 Å². The fourth-order valence-corrected chi connectivity index (χ4v) is 3.98. The predicted molar refractivity (Wildman–Crippen MR) is 103 cm³/mol. The minimum atomic E-state index is -2.56. The van der Waals surface area contributed by atoms with E-state index in [0.717, 1.165) is 25.8 Å². The number of halogens is 2. The molecule has 2 aliphatic heterocycles. The molecule has 1 N–H and O–H groups in total. The molecule has 28 heavy (non-hydrogen) atoms. The summed E-state index contributed by atoms with van der Waals surface area (Å²) in [6.45, 7) is 1.47. The first-order valence-electron chi connectivity index (χ1n) is 9.67. The van der Waals surface area contributed by atoms with Gasteiger partial charge in [0.05, 0.1) is 13.2 Å². The predicted octanol–water partition coefficient (Wildman–Crippen LogP) is 2.45. The van der Waals surface area contributed by atoms with Crippen molar-refractivity contribution in [1.29, 1.82) is 0 Å². The summed E-state index contributed by atoms with van der Waals surface area (Å²) in [6.07, 6.45) is -0.793. The molecule has 0 bridgehead atoms. The summed E-state index contributed by atoms with van der Waals surface area (Å²) >= 11 is 0. The lowest BCUT2D eigenvalue weighted by molar-refractivity contribution is -0.0615. The number of benzene rings is 1. The second kappa shape index (κ2) is 8.26. The van der Waals surface area contributed by atoms with Crippen LogP contribution in [0.5, 0.6) is 0 Å².